The molecule has 0 aromatic heterocycles. The van der Waals surface area contributed by atoms with Crippen molar-refractivity contribution in [1.82, 2.24) is 5.32 Å². The summed E-state index contributed by atoms with van der Waals surface area (Å²) in [7, 11) is 0. The van der Waals surface area contributed by atoms with Crippen LogP contribution in [0.1, 0.15) is 24.0 Å². The fourth-order valence-electron chi connectivity index (χ4n) is 2.71. The maximum atomic E-state index is 11.8. The number of amides is 1. The zero-order valence-electron chi connectivity index (χ0n) is 13.7. The number of nitrogens with zero attached hydrogens (tertiary/aromatic N) is 1. The second kappa shape index (κ2) is 7.45. The van der Waals surface area contributed by atoms with Gasteiger partial charge in [0.2, 0.25) is 5.91 Å². The Morgan fingerprint density at radius 2 is 1.83 bits per heavy atom. The van der Waals surface area contributed by atoms with Crippen molar-refractivity contribution in [2.24, 2.45) is 0 Å². The molecule has 1 aliphatic rings. The van der Waals surface area contributed by atoms with Crippen LogP contribution in [0.3, 0.4) is 0 Å². The zero-order chi connectivity index (χ0) is 16.9. The monoisotopic (exact) mass is 339 g/mol. The lowest BCUT2D eigenvalue weighted by atomic mass is 10.2. The first-order valence-corrected chi connectivity index (χ1v) is 8.53. The van der Waals surface area contributed by atoms with Gasteiger partial charge in [0, 0.05) is 30.9 Å². The number of hydrogen-bond donors (Lipinski definition) is 2. The van der Waals surface area contributed by atoms with Crippen molar-refractivity contribution in [3.05, 3.63) is 59.7 Å². The molecule has 1 aliphatic heterocycles. The minimum atomic E-state index is 0.212. The molecule has 0 aliphatic carbocycles. The molecule has 1 saturated heterocycles. The molecule has 1 heterocycles. The van der Waals surface area contributed by atoms with E-state index in [1.54, 1.807) is 0 Å². The first-order chi connectivity index (χ1) is 11.6. The average molecular weight is 339 g/mol. The van der Waals surface area contributed by atoms with Crippen LogP contribution < -0.4 is 15.5 Å². The van der Waals surface area contributed by atoms with Crippen molar-refractivity contribution in [1.29, 1.82) is 0 Å². The van der Waals surface area contributed by atoms with Crippen molar-refractivity contribution >= 4 is 34.6 Å². The van der Waals surface area contributed by atoms with Crippen molar-refractivity contribution in [3.8, 4) is 0 Å². The van der Waals surface area contributed by atoms with Crippen LogP contribution in [0.2, 0.25) is 0 Å². The molecule has 2 aromatic carbocycles. The van der Waals surface area contributed by atoms with Crippen molar-refractivity contribution < 1.29 is 4.79 Å². The number of aryl methyl sites for hydroxylation is 1. The van der Waals surface area contributed by atoms with Gasteiger partial charge < -0.3 is 15.5 Å². The Kier molecular flexibility index (Phi) is 5.11. The van der Waals surface area contributed by atoms with E-state index in [4.69, 9.17) is 12.2 Å². The number of carbonyl (C=O) groups excluding carboxylic acids is 1. The lowest BCUT2D eigenvalue weighted by Crippen LogP contribution is -2.28. The number of benzene rings is 2. The maximum Gasteiger partial charge on any atom is 0.227 e. The van der Waals surface area contributed by atoms with Gasteiger partial charge in [0.1, 0.15) is 0 Å². The maximum absolute atomic E-state index is 11.8. The Labute approximate surface area is 147 Å². The van der Waals surface area contributed by atoms with Crippen LogP contribution in [0.5, 0.6) is 0 Å². The highest BCUT2D eigenvalue weighted by atomic mass is 32.1. The smallest absolute Gasteiger partial charge is 0.227 e. The topological polar surface area (TPSA) is 44.4 Å². The predicted molar refractivity (Wildman–Crippen MR) is 102 cm³/mol. The Bertz CT molecular complexity index is 725. The van der Waals surface area contributed by atoms with E-state index in [0.717, 1.165) is 29.9 Å². The van der Waals surface area contributed by atoms with E-state index in [0.29, 0.717) is 18.1 Å². The third kappa shape index (κ3) is 4.11. The molecule has 0 bridgehead atoms. The van der Waals surface area contributed by atoms with E-state index in [-0.39, 0.29) is 5.91 Å². The van der Waals surface area contributed by atoms with Crippen LogP contribution in [0, 0.1) is 6.92 Å². The molecule has 0 unspecified atom stereocenters. The average Bonchev–Trinajstić information content (AvgIpc) is 3.02. The van der Waals surface area contributed by atoms with E-state index < -0.39 is 0 Å². The van der Waals surface area contributed by atoms with E-state index in [2.05, 4.69) is 17.6 Å². The molecule has 5 heteroatoms. The molecule has 4 nitrogen and oxygen atoms in total. The molecule has 2 N–H and O–H groups in total. The van der Waals surface area contributed by atoms with Crippen LogP contribution >= 0.6 is 12.2 Å². The van der Waals surface area contributed by atoms with Gasteiger partial charge in [0.25, 0.3) is 0 Å². The highest BCUT2D eigenvalue weighted by molar-refractivity contribution is 7.80. The predicted octanol–water partition coefficient (Wildman–Crippen LogP) is 3.61. The number of hydrogen-bond acceptors (Lipinski definition) is 2. The van der Waals surface area contributed by atoms with Crippen LogP contribution in [-0.2, 0) is 11.3 Å². The van der Waals surface area contributed by atoms with Gasteiger partial charge in [-0.15, -0.1) is 0 Å². The highest BCUT2D eigenvalue weighted by Gasteiger charge is 2.21. The first-order valence-electron chi connectivity index (χ1n) is 8.13. The minimum absolute atomic E-state index is 0.212. The van der Waals surface area contributed by atoms with E-state index in [1.807, 2.05) is 53.4 Å². The zero-order valence-corrected chi connectivity index (χ0v) is 14.5. The summed E-state index contributed by atoms with van der Waals surface area (Å²) < 4.78 is 0. The van der Waals surface area contributed by atoms with E-state index in [1.165, 1.54) is 5.56 Å². The van der Waals surface area contributed by atoms with Crippen molar-refractivity contribution in [2.75, 3.05) is 16.8 Å². The summed E-state index contributed by atoms with van der Waals surface area (Å²) in [6.45, 7) is 3.52. The second-order valence-corrected chi connectivity index (χ2v) is 6.40. The summed E-state index contributed by atoms with van der Waals surface area (Å²) in [5.74, 6) is 0.212. The van der Waals surface area contributed by atoms with E-state index >= 15 is 0 Å². The van der Waals surface area contributed by atoms with Gasteiger partial charge in [-0.05, 0) is 55.4 Å². The Morgan fingerprint density at radius 1 is 1.12 bits per heavy atom. The number of anilines is 2. The van der Waals surface area contributed by atoms with Crippen molar-refractivity contribution in [2.45, 2.75) is 26.3 Å². The third-order valence-electron chi connectivity index (χ3n) is 4.08. The molecule has 0 spiro atoms. The number of rotatable bonds is 4. The Hall–Kier alpha value is -2.40. The standard InChI is InChI=1S/C19H21N3OS/c1-14-4-8-16(9-5-14)21-19(24)20-13-15-6-10-17(11-7-15)22-12-2-3-18(22)23/h4-11H,2-3,12-13H2,1H3,(H2,20,21,24). The number of nitrogens with one attached hydrogen (secondary N) is 2. The molecule has 24 heavy (non-hydrogen) atoms. The first kappa shape index (κ1) is 16.5. The Balaban J connectivity index is 1.51. The van der Waals surface area contributed by atoms with Crippen LogP contribution in [0.25, 0.3) is 0 Å². The van der Waals surface area contributed by atoms with Crippen LogP contribution in [0.4, 0.5) is 11.4 Å². The fraction of sp³-hybridized carbons (Fsp3) is 0.263. The third-order valence-corrected chi connectivity index (χ3v) is 4.33. The molecule has 0 atom stereocenters. The van der Waals surface area contributed by atoms with Gasteiger partial charge in [0.05, 0.1) is 0 Å². The SMILES string of the molecule is Cc1ccc(NC(=S)NCc2ccc(N3CCCC3=O)cc2)cc1. The lowest BCUT2D eigenvalue weighted by molar-refractivity contribution is -0.117. The molecule has 2 aromatic rings. The summed E-state index contributed by atoms with van der Waals surface area (Å²) >= 11 is 5.32. The van der Waals surface area contributed by atoms with Gasteiger partial charge in [-0.2, -0.15) is 0 Å². The van der Waals surface area contributed by atoms with Crippen molar-refractivity contribution in [3.63, 3.8) is 0 Å². The van der Waals surface area contributed by atoms with Gasteiger partial charge in [-0.1, -0.05) is 29.8 Å². The molecule has 0 radical (unpaired) electrons. The highest BCUT2D eigenvalue weighted by Crippen LogP contribution is 2.21. The Morgan fingerprint density at radius 3 is 2.46 bits per heavy atom. The largest absolute Gasteiger partial charge is 0.358 e. The van der Waals surface area contributed by atoms with Crippen LogP contribution in [-0.4, -0.2) is 17.6 Å². The summed E-state index contributed by atoms with van der Waals surface area (Å²) in [5, 5.41) is 6.96. The molecular weight excluding hydrogens is 318 g/mol. The molecule has 1 amide bonds. The molecular formula is C19H21N3OS. The fourth-order valence-corrected chi connectivity index (χ4v) is 2.90. The van der Waals surface area contributed by atoms with E-state index in [9.17, 15) is 4.79 Å². The van der Waals surface area contributed by atoms with Gasteiger partial charge in [-0.3, -0.25) is 4.79 Å². The summed E-state index contributed by atoms with van der Waals surface area (Å²) in [4.78, 5) is 13.6. The second-order valence-electron chi connectivity index (χ2n) is 5.99. The van der Waals surface area contributed by atoms with Crippen LogP contribution in [0.15, 0.2) is 48.5 Å². The molecule has 1 fully saturated rings. The normalized spacial score (nSPS) is 13.9. The lowest BCUT2D eigenvalue weighted by Gasteiger charge is -2.16. The van der Waals surface area contributed by atoms with Gasteiger partial charge in [0.15, 0.2) is 5.11 Å². The molecule has 3 rings (SSSR count). The quantitative estimate of drug-likeness (QED) is 0.835. The van der Waals surface area contributed by atoms with Gasteiger partial charge in [-0.25, -0.2) is 0 Å². The van der Waals surface area contributed by atoms with Gasteiger partial charge >= 0.3 is 0 Å². The molecule has 0 saturated carbocycles. The summed E-state index contributed by atoms with van der Waals surface area (Å²) in [5.41, 5.74) is 4.29. The summed E-state index contributed by atoms with van der Waals surface area (Å²) in [6, 6.07) is 16.2. The number of carbonyl (C=O) groups is 1. The minimum Gasteiger partial charge on any atom is -0.358 e. The summed E-state index contributed by atoms with van der Waals surface area (Å²) in [6.07, 6.45) is 1.60. The molecule has 124 valence electrons. The number of thiocarbonyl (C=S) groups is 1.